The summed E-state index contributed by atoms with van der Waals surface area (Å²) in [6.07, 6.45) is 8.04. The fourth-order valence-electron chi connectivity index (χ4n) is 2.14. The lowest BCUT2D eigenvalue weighted by Crippen LogP contribution is -2.61. The summed E-state index contributed by atoms with van der Waals surface area (Å²) in [6.45, 7) is 0. The molecule has 7 nitrogen and oxygen atoms in total. The van der Waals surface area contributed by atoms with Crippen molar-refractivity contribution in [2.75, 3.05) is 0 Å². The molecule has 128 valence electrons. The van der Waals surface area contributed by atoms with E-state index in [9.17, 15) is 14.3 Å². The predicted molar refractivity (Wildman–Crippen MR) is 82.7 cm³/mol. The zero-order chi connectivity index (χ0) is 17.3. The number of carboxylic acids is 1. The average Bonchev–Trinajstić information content (AvgIpc) is 2.47. The van der Waals surface area contributed by atoms with Crippen LogP contribution in [0, 0.1) is 0 Å². The molecule has 1 aromatic carbocycles. The van der Waals surface area contributed by atoms with Crippen molar-refractivity contribution in [3.63, 3.8) is 0 Å². The van der Waals surface area contributed by atoms with E-state index in [1.165, 1.54) is 32.1 Å². The Morgan fingerprint density at radius 3 is 2.22 bits per heavy atom. The third-order valence-corrected chi connectivity index (χ3v) is 3.67. The van der Waals surface area contributed by atoms with Crippen LogP contribution < -0.4 is 10.6 Å². The molecule has 0 saturated heterocycles. The van der Waals surface area contributed by atoms with Crippen LogP contribution in [0.1, 0.15) is 37.7 Å². The zero-order valence-corrected chi connectivity index (χ0v) is 13.7. The van der Waals surface area contributed by atoms with E-state index in [0.29, 0.717) is 5.56 Å². The highest BCUT2D eigenvalue weighted by atomic mass is 31.2. The van der Waals surface area contributed by atoms with Crippen molar-refractivity contribution >= 4 is 19.9 Å². The Morgan fingerprint density at radius 2 is 1.83 bits per heavy atom. The molecule has 2 rings (SSSR count). The maximum Gasteiger partial charge on any atom is 0.371 e. The molecule has 1 aliphatic rings. The molecule has 0 amide bonds. The molecule has 8 heteroatoms. The van der Waals surface area contributed by atoms with Gasteiger partial charge in [0.2, 0.25) is 5.76 Å². The predicted octanol–water partition coefficient (Wildman–Crippen LogP) is 1.15. The standard InChI is InChI=1S/C9H9O6P.C6H13N/c10-9(11)8(15-16(12,13)14)6-7-4-2-1-3-5-7;7-6-4-2-1-3-5-6/h1-6H,(H,10,11)(H2,12,13,14);6H,1-5,7H2/b8-6-;. The lowest BCUT2D eigenvalue weighted by molar-refractivity contribution is -0.425. The molecule has 0 aromatic heterocycles. The summed E-state index contributed by atoms with van der Waals surface area (Å²) >= 11 is 0. The van der Waals surface area contributed by atoms with Crippen molar-refractivity contribution in [3.05, 3.63) is 41.7 Å². The Labute approximate surface area is 135 Å². The second kappa shape index (κ2) is 9.47. The minimum absolute atomic E-state index is 0.438. The SMILES string of the molecule is O=C(O)/C(=C/c1ccccc1)OP(=O)([O-])O.[NH3+]C1CCCCC1. The number of phosphoric acid groups is 1. The molecule has 0 spiro atoms. The third kappa shape index (κ3) is 9.15. The van der Waals surface area contributed by atoms with Gasteiger partial charge in [0.25, 0.3) is 0 Å². The van der Waals surface area contributed by atoms with E-state index in [-0.39, 0.29) is 0 Å². The van der Waals surface area contributed by atoms with Gasteiger partial charge in [-0.2, -0.15) is 0 Å². The van der Waals surface area contributed by atoms with Gasteiger partial charge in [0.15, 0.2) is 0 Å². The third-order valence-electron chi connectivity index (χ3n) is 3.25. The second-order valence-corrected chi connectivity index (χ2v) is 6.41. The van der Waals surface area contributed by atoms with Crippen molar-refractivity contribution in [3.8, 4) is 0 Å². The first-order valence-electron chi connectivity index (χ1n) is 7.34. The Morgan fingerprint density at radius 1 is 1.26 bits per heavy atom. The molecule has 1 fully saturated rings. The fraction of sp³-hybridized carbons (Fsp3) is 0.400. The van der Waals surface area contributed by atoms with E-state index in [1.54, 1.807) is 30.3 Å². The van der Waals surface area contributed by atoms with E-state index >= 15 is 0 Å². The van der Waals surface area contributed by atoms with Gasteiger partial charge < -0.3 is 25.2 Å². The van der Waals surface area contributed by atoms with Crippen LogP contribution in [0.15, 0.2) is 36.1 Å². The van der Waals surface area contributed by atoms with Gasteiger partial charge in [0, 0.05) is 0 Å². The zero-order valence-electron chi connectivity index (χ0n) is 12.8. The van der Waals surface area contributed by atoms with Gasteiger partial charge >= 0.3 is 13.8 Å². The van der Waals surface area contributed by atoms with Crippen LogP contribution >= 0.6 is 7.82 Å². The number of phosphoric ester groups is 1. The number of quaternary nitrogens is 1. The molecular formula is C15H22NO6P. The molecule has 1 atom stereocenters. The molecular weight excluding hydrogens is 321 g/mol. The smallest absolute Gasteiger partial charge is 0.371 e. The van der Waals surface area contributed by atoms with E-state index in [2.05, 4.69) is 10.3 Å². The number of carbonyl (C=O) groups is 1. The van der Waals surface area contributed by atoms with Crippen molar-refractivity contribution in [1.82, 2.24) is 0 Å². The van der Waals surface area contributed by atoms with Gasteiger partial charge in [-0.05, 0) is 37.3 Å². The van der Waals surface area contributed by atoms with E-state index in [1.807, 2.05) is 0 Å². The lowest BCUT2D eigenvalue weighted by Gasteiger charge is -2.16. The van der Waals surface area contributed by atoms with Crippen LogP contribution in [0.5, 0.6) is 0 Å². The summed E-state index contributed by atoms with van der Waals surface area (Å²) in [6, 6.07) is 8.89. The number of hydrogen-bond donors (Lipinski definition) is 3. The first kappa shape index (κ1) is 19.4. The molecule has 5 N–H and O–H groups in total. The van der Waals surface area contributed by atoms with Crippen LogP contribution in [0.3, 0.4) is 0 Å². The Balaban J connectivity index is 0.000000313. The number of carboxylic acid groups (broad SMARTS) is 1. The quantitative estimate of drug-likeness (QED) is 0.426. The molecule has 1 aliphatic carbocycles. The minimum Gasteiger partial charge on any atom is -0.746 e. The monoisotopic (exact) mass is 343 g/mol. The molecule has 1 aromatic rings. The van der Waals surface area contributed by atoms with Gasteiger partial charge in [0.05, 0.1) is 6.04 Å². The summed E-state index contributed by atoms with van der Waals surface area (Å²) in [5.41, 5.74) is 4.44. The number of rotatable bonds is 4. The molecule has 0 bridgehead atoms. The maximum atomic E-state index is 10.6. The summed E-state index contributed by atoms with van der Waals surface area (Å²) in [5.74, 6) is -2.46. The average molecular weight is 343 g/mol. The molecule has 0 radical (unpaired) electrons. The van der Waals surface area contributed by atoms with E-state index in [0.717, 1.165) is 12.1 Å². The van der Waals surface area contributed by atoms with Crippen LogP contribution in [0.4, 0.5) is 0 Å². The summed E-state index contributed by atoms with van der Waals surface area (Å²) < 4.78 is 14.3. The fourth-order valence-corrected chi connectivity index (χ4v) is 2.52. The van der Waals surface area contributed by atoms with Crippen LogP contribution in [0.25, 0.3) is 6.08 Å². The highest BCUT2D eigenvalue weighted by Gasteiger charge is 2.14. The first-order valence-corrected chi connectivity index (χ1v) is 8.84. The normalized spacial score (nSPS) is 18.3. The minimum atomic E-state index is -5.11. The lowest BCUT2D eigenvalue weighted by atomic mass is 9.97. The van der Waals surface area contributed by atoms with Crippen molar-refractivity contribution in [2.24, 2.45) is 0 Å². The molecule has 0 aliphatic heterocycles. The summed E-state index contributed by atoms with van der Waals surface area (Å²) in [7, 11) is -5.11. The largest absolute Gasteiger partial charge is 0.746 e. The van der Waals surface area contributed by atoms with Crippen LogP contribution in [0.2, 0.25) is 0 Å². The van der Waals surface area contributed by atoms with Crippen molar-refractivity contribution in [2.45, 2.75) is 38.1 Å². The van der Waals surface area contributed by atoms with Gasteiger partial charge in [-0.1, -0.05) is 36.8 Å². The molecule has 0 heterocycles. The van der Waals surface area contributed by atoms with Crippen molar-refractivity contribution in [1.29, 1.82) is 0 Å². The van der Waals surface area contributed by atoms with Gasteiger partial charge in [-0.15, -0.1) is 0 Å². The van der Waals surface area contributed by atoms with E-state index < -0.39 is 19.6 Å². The number of hydrogen-bond acceptors (Lipinski definition) is 4. The Kier molecular flexibility index (Phi) is 7.98. The second-order valence-electron chi connectivity index (χ2n) is 5.29. The van der Waals surface area contributed by atoms with Gasteiger partial charge in [-0.25, -0.2) is 4.79 Å². The first-order chi connectivity index (χ1) is 10.8. The summed E-state index contributed by atoms with van der Waals surface area (Å²) in [4.78, 5) is 29.4. The molecule has 1 unspecified atom stereocenters. The Hall–Kier alpha value is -1.66. The maximum absolute atomic E-state index is 10.6. The van der Waals surface area contributed by atoms with Gasteiger partial charge in [-0.3, -0.25) is 4.57 Å². The van der Waals surface area contributed by atoms with Crippen LogP contribution in [-0.4, -0.2) is 22.0 Å². The number of aliphatic carboxylic acids is 1. The highest BCUT2D eigenvalue weighted by molar-refractivity contribution is 7.44. The topological polar surface area (TPSA) is 135 Å². The number of benzene rings is 1. The van der Waals surface area contributed by atoms with E-state index in [4.69, 9.17) is 10.00 Å². The van der Waals surface area contributed by atoms with Crippen molar-refractivity contribution < 1.29 is 34.5 Å². The Bertz CT molecular complexity index is 563. The molecule has 23 heavy (non-hydrogen) atoms. The summed E-state index contributed by atoms with van der Waals surface area (Å²) in [5, 5.41) is 8.63. The molecule has 1 saturated carbocycles. The van der Waals surface area contributed by atoms with Crippen LogP contribution in [-0.2, 0) is 13.9 Å². The highest BCUT2D eigenvalue weighted by Crippen LogP contribution is 2.34. The van der Waals surface area contributed by atoms with Gasteiger partial charge in [0.1, 0.15) is 0 Å².